The average Bonchev–Trinajstić information content (AvgIpc) is 2.78. The molecule has 0 radical (unpaired) electrons. The first-order chi connectivity index (χ1) is 9.92. The molecule has 110 valence electrons. The Balaban J connectivity index is 2.33. The molecule has 0 spiro atoms. The SMILES string of the molecule is COc1ccc(NC(=O)c2cc(Cl)cn2C)c(C(=O)O)c1. The molecule has 2 N–H and O–H groups in total. The van der Waals surface area contributed by atoms with E-state index < -0.39 is 11.9 Å². The fourth-order valence-electron chi connectivity index (χ4n) is 1.87. The standard InChI is InChI=1S/C14H13ClN2O4/c1-17-7-8(15)5-12(17)13(18)16-11-4-3-9(21-2)6-10(11)14(19)20/h3-7H,1-2H3,(H,16,18)(H,19,20). The normalized spacial score (nSPS) is 10.2. The summed E-state index contributed by atoms with van der Waals surface area (Å²) in [5, 5.41) is 12.2. The van der Waals surface area contributed by atoms with Crippen LogP contribution in [-0.4, -0.2) is 28.7 Å². The third-order valence-corrected chi connectivity index (χ3v) is 3.12. The molecule has 6 nitrogen and oxygen atoms in total. The van der Waals surface area contributed by atoms with Gasteiger partial charge in [-0.3, -0.25) is 4.79 Å². The lowest BCUT2D eigenvalue weighted by Gasteiger charge is -2.10. The number of carbonyl (C=O) groups is 2. The predicted molar refractivity (Wildman–Crippen MR) is 78.3 cm³/mol. The second-order valence-corrected chi connectivity index (χ2v) is 4.76. The van der Waals surface area contributed by atoms with E-state index in [1.165, 1.54) is 25.3 Å². The fraction of sp³-hybridized carbons (Fsp3) is 0.143. The van der Waals surface area contributed by atoms with E-state index in [1.807, 2.05) is 0 Å². The number of aryl methyl sites for hydroxylation is 1. The summed E-state index contributed by atoms with van der Waals surface area (Å²) >= 11 is 5.82. The van der Waals surface area contributed by atoms with Crippen LogP contribution in [0.1, 0.15) is 20.8 Å². The van der Waals surface area contributed by atoms with Crippen molar-refractivity contribution in [2.75, 3.05) is 12.4 Å². The summed E-state index contributed by atoms with van der Waals surface area (Å²) in [4.78, 5) is 23.4. The third kappa shape index (κ3) is 3.17. The number of aromatic carboxylic acids is 1. The van der Waals surface area contributed by atoms with Crippen molar-refractivity contribution in [2.24, 2.45) is 7.05 Å². The number of amides is 1. The van der Waals surface area contributed by atoms with Gasteiger partial charge in [-0.05, 0) is 24.3 Å². The number of carbonyl (C=O) groups excluding carboxylic acids is 1. The van der Waals surface area contributed by atoms with E-state index in [9.17, 15) is 14.7 Å². The highest BCUT2D eigenvalue weighted by Crippen LogP contribution is 2.23. The van der Waals surface area contributed by atoms with E-state index in [0.29, 0.717) is 16.5 Å². The maximum Gasteiger partial charge on any atom is 0.337 e. The molecular weight excluding hydrogens is 296 g/mol. The van der Waals surface area contributed by atoms with Gasteiger partial charge in [0.2, 0.25) is 0 Å². The Kier molecular flexibility index (Phi) is 4.18. The summed E-state index contributed by atoms with van der Waals surface area (Å²) in [5.74, 6) is -1.21. The quantitative estimate of drug-likeness (QED) is 0.910. The van der Waals surface area contributed by atoms with Gasteiger partial charge < -0.3 is 19.7 Å². The van der Waals surface area contributed by atoms with Crippen LogP contribution in [0.3, 0.4) is 0 Å². The number of hydrogen-bond acceptors (Lipinski definition) is 3. The molecule has 0 bridgehead atoms. The number of carboxylic acids is 1. The zero-order valence-corrected chi connectivity index (χ0v) is 12.1. The Hall–Kier alpha value is -2.47. The number of methoxy groups -OCH3 is 1. The lowest BCUT2D eigenvalue weighted by molar-refractivity contribution is 0.0697. The zero-order chi connectivity index (χ0) is 15.6. The predicted octanol–water partition coefficient (Wildman–Crippen LogP) is 2.64. The van der Waals surface area contributed by atoms with Gasteiger partial charge in [0, 0.05) is 13.2 Å². The minimum Gasteiger partial charge on any atom is -0.497 e. The van der Waals surface area contributed by atoms with E-state index >= 15 is 0 Å². The van der Waals surface area contributed by atoms with Crippen molar-refractivity contribution in [1.29, 1.82) is 0 Å². The number of benzene rings is 1. The molecule has 1 aromatic carbocycles. The topological polar surface area (TPSA) is 80.6 Å². The molecule has 2 rings (SSSR count). The fourth-order valence-corrected chi connectivity index (χ4v) is 2.12. The molecule has 0 atom stereocenters. The van der Waals surface area contributed by atoms with Gasteiger partial charge in [-0.15, -0.1) is 0 Å². The Labute approximate surface area is 125 Å². The van der Waals surface area contributed by atoms with E-state index in [4.69, 9.17) is 16.3 Å². The molecule has 0 saturated heterocycles. The second-order valence-electron chi connectivity index (χ2n) is 4.33. The highest BCUT2D eigenvalue weighted by molar-refractivity contribution is 6.31. The lowest BCUT2D eigenvalue weighted by atomic mass is 10.1. The van der Waals surface area contributed by atoms with E-state index in [0.717, 1.165) is 0 Å². The molecule has 1 aromatic heterocycles. The summed E-state index contributed by atoms with van der Waals surface area (Å²) in [6, 6.07) is 5.89. The molecule has 0 saturated carbocycles. The summed E-state index contributed by atoms with van der Waals surface area (Å²) in [6.07, 6.45) is 1.59. The number of carboxylic acid groups (broad SMARTS) is 1. The van der Waals surface area contributed by atoms with Gasteiger partial charge >= 0.3 is 5.97 Å². The van der Waals surface area contributed by atoms with Crippen molar-refractivity contribution in [1.82, 2.24) is 4.57 Å². The summed E-state index contributed by atoms with van der Waals surface area (Å²) < 4.78 is 6.53. The summed E-state index contributed by atoms with van der Waals surface area (Å²) in [5.41, 5.74) is 0.459. The minimum atomic E-state index is -1.16. The Bertz CT molecular complexity index is 709. The summed E-state index contributed by atoms with van der Waals surface area (Å²) in [7, 11) is 3.11. The molecule has 7 heteroatoms. The van der Waals surface area contributed by atoms with Crippen LogP contribution in [-0.2, 0) is 7.05 Å². The van der Waals surface area contributed by atoms with Crippen LogP contribution in [0, 0.1) is 0 Å². The number of aromatic nitrogens is 1. The van der Waals surface area contributed by atoms with Crippen LogP contribution in [0.4, 0.5) is 5.69 Å². The minimum absolute atomic E-state index is 0.0528. The van der Waals surface area contributed by atoms with E-state index in [-0.39, 0.29) is 11.3 Å². The van der Waals surface area contributed by atoms with Gasteiger partial charge in [0.1, 0.15) is 11.4 Å². The number of halogens is 1. The summed E-state index contributed by atoms with van der Waals surface area (Å²) in [6.45, 7) is 0. The van der Waals surface area contributed by atoms with E-state index in [2.05, 4.69) is 5.32 Å². The number of nitrogens with zero attached hydrogens (tertiary/aromatic N) is 1. The van der Waals surface area contributed by atoms with Crippen molar-refractivity contribution >= 4 is 29.2 Å². The van der Waals surface area contributed by atoms with Crippen LogP contribution in [0.5, 0.6) is 5.75 Å². The van der Waals surface area contributed by atoms with Crippen molar-refractivity contribution in [2.45, 2.75) is 0 Å². The van der Waals surface area contributed by atoms with Crippen LogP contribution < -0.4 is 10.1 Å². The monoisotopic (exact) mass is 308 g/mol. The van der Waals surface area contributed by atoms with Gasteiger partial charge in [-0.2, -0.15) is 0 Å². The molecule has 0 fully saturated rings. The van der Waals surface area contributed by atoms with Gasteiger partial charge in [-0.25, -0.2) is 4.79 Å². The molecule has 1 heterocycles. The molecular formula is C14H13ClN2O4. The maximum atomic E-state index is 12.2. The zero-order valence-electron chi connectivity index (χ0n) is 11.4. The number of anilines is 1. The first-order valence-electron chi connectivity index (χ1n) is 5.97. The molecule has 1 amide bonds. The van der Waals surface area contributed by atoms with Gasteiger partial charge in [0.05, 0.1) is 23.4 Å². The van der Waals surface area contributed by atoms with Crippen LogP contribution in [0.25, 0.3) is 0 Å². The number of hydrogen-bond donors (Lipinski definition) is 2. The van der Waals surface area contributed by atoms with Crippen molar-refractivity contribution in [3.05, 3.63) is 46.7 Å². The van der Waals surface area contributed by atoms with Gasteiger partial charge in [0.25, 0.3) is 5.91 Å². The largest absolute Gasteiger partial charge is 0.497 e. The molecule has 0 aliphatic carbocycles. The van der Waals surface area contributed by atoms with Gasteiger partial charge in [-0.1, -0.05) is 11.6 Å². The van der Waals surface area contributed by atoms with Crippen LogP contribution in [0.15, 0.2) is 30.5 Å². The van der Waals surface area contributed by atoms with Crippen LogP contribution >= 0.6 is 11.6 Å². The van der Waals surface area contributed by atoms with Crippen LogP contribution in [0.2, 0.25) is 5.02 Å². The molecule has 2 aromatic rings. The third-order valence-electron chi connectivity index (χ3n) is 2.91. The second kappa shape index (κ2) is 5.88. The Morgan fingerprint density at radius 1 is 1.33 bits per heavy atom. The number of ether oxygens (including phenoxy) is 1. The Morgan fingerprint density at radius 3 is 2.57 bits per heavy atom. The first kappa shape index (κ1) is 14.9. The maximum absolute atomic E-state index is 12.2. The Morgan fingerprint density at radius 2 is 2.05 bits per heavy atom. The smallest absolute Gasteiger partial charge is 0.337 e. The lowest BCUT2D eigenvalue weighted by Crippen LogP contribution is -2.17. The highest BCUT2D eigenvalue weighted by atomic mass is 35.5. The molecule has 0 unspecified atom stereocenters. The molecule has 21 heavy (non-hydrogen) atoms. The first-order valence-corrected chi connectivity index (χ1v) is 6.34. The number of rotatable bonds is 4. The average molecular weight is 309 g/mol. The van der Waals surface area contributed by atoms with Gasteiger partial charge in [0.15, 0.2) is 0 Å². The number of nitrogens with one attached hydrogen (secondary N) is 1. The van der Waals surface area contributed by atoms with Crippen molar-refractivity contribution in [3.63, 3.8) is 0 Å². The highest BCUT2D eigenvalue weighted by Gasteiger charge is 2.16. The molecule has 0 aliphatic heterocycles. The molecule has 0 aliphatic rings. The van der Waals surface area contributed by atoms with Crippen molar-refractivity contribution < 1.29 is 19.4 Å². The van der Waals surface area contributed by atoms with E-state index in [1.54, 1.807) is 23.9 Å². The van der Waals surface area contributed by atoms with Crippen molar-refractivity contribution in [3.8, 4) is 5.75 Å².